The van der Waals surface area contributed by atoms with Gasteiger partial charge in [0.25, 0.3) is 0 Å². The van der Waals surface area contributed by atoms with Crippen molar-refractivity contribution in [1.29, 1.82) is 0 Å². The number of carbonyl (C=O) groups is 3. The second-order valence-electron chi connectivity index (χ2n) is 8.94. The lowest BCUT2D eigenvalue weighted by atomic mass is 9.93. The summed E-state index contributed by atoms with van der Waals surface area (Å²) in [5.74, 6) is -0.506. The number of anilines is 1. The van der Waals surface area contributed by atoms with Gasteiger partial charge in [0.2, 0.25) is 5.91 Å². The largest absolute Gasteiger partial charge is 0.459 e. The van der Waals surface area contributed by atoms with E-state index in [-0.39, 0.29) is 23.9 Å². The van der Waals surface area contributed by atoms with Crippen molar-refractivity contribution in [3.63, 3.8) is 0 Å². The van der Waals surface area contributed by atoms with E-state index in [1.54, 1.807) is 57.7 Å². The summed E-state index contributed by atoms with van der Waals surface area (Å²) in [5.41, 5.74) is 1.46. The van der Waals surface area contributed by atoms with Crippen molar-refractivity contribution in [3.8, 4) is 0 Å². The van der Waals surface area contributed by atoms with Crippen LogP contribution in [0.5, 0.6) is 0 Å². The first-order valence-corrected chi connectivity index (χ1v) is 11.5. The van der Waals surface area contributed by atoms with Crippen LogP contribution in [0.4, 0.5) is 10.5 Å². The van der Waals surface area contributed by atoms with E-state index in [4.69, 9.17) is 16.3 Å². The van der Waals surface area contributed by atoms with E-state index in [1.807, 2.05) is 13.0 Å². The van der Waals surface area contributed by atoms with Gasteiger partial charge in [-0.3, -0.25) is 9.69 Å². The van der Waals surface area contributed by atoms with E-state index in [0.29, 0.717) is 29.1 Å². The lowest BCUT2D eigenvalue weighted by molar-refractivity contribution is -0.143. The van der Waals surface area contributed by atoms with Crippen molar-refractivity contribution in [1.82, 2.24) is 10.2 Å². The molecule has 1 unspecified atom stereocenters. The molecule has 1 aliphatic rings. The zero-order valence-electron chi connectivity index (χ0n) is 19.8. The van der Waals surface area contributed by atoms with Gasteiger partial charge in [-0.1, -0.05) is 25.5 Å². The molecule has 1 heterocycles. The third-order valence-corrected chi connectivity index (χ3v) is 5.99. The van der Waals surface area contributed by atoms with Crippen LogP contribution in [0.1, 0.15) is 66.0 Å². The molecule has 176 valence electrons. The van der Waals surface area contributed by atoms with Gasteiger partial charge in [-0.15, -0.1) is 11.6 Å². The minimum absolute atomic E-state index is 0.178. The minimum Gasteiger partial charge on any atom is -0.459 e. The number of ether oxygens (including phenoxy) is 1. The predicted octanol–water partition coefficient (Wildman–Crippen LogP) is 4.98. The smallest absolute Gasteiger partial charge is 0.338 e. The summed E-state index contributed by atoms with van der Waals surface area (Å²) in [4.78, 5) is 40.0. The summed E-state index contributed by atoms with van der Waals surface area (Å²) in [7, 11) is 0. The maximum absolute atomic E-state index is 13.0. The molecule has 0 radical (unpaired) electrons. The molecule has 3 amide bonds. The molecule has 0 aliphatic carbocycles. The van der Waals surface area contributed by atoms with Crippen molar-refractivity contribution in [2.45, 2.75) is 66.5 Å². The van der Waals surface area contributed by atoms with Crippen molar-refractivity contribution >= 4 is 35.2 Å². The topological polar surface area (TPSA) is 87.7 Å². The molecule has 0 fully saturated rings. The Hall–Kier alpha value is -2.54. The lowest BCUT2D eigenvalue weighted by Crippen LogP contribution is -2.48. The van der Waals surface area contributed by atoms with E-state index in [0.717, 1.165) is 12.8 Å². The fourth-order valence-corrected chi connectivity index (χ4v) is 3.44. The van der Waals surface area contributed by atoms with E-state index >= 15 is 0 Å². The highest BCUT2D eigenvalue weighted by Gasteiger charge is 2.36. The van der Waals surface area contributed by atoms with Crippen LogP contribution < -0.4 is 10.6 Å². The van der Waals surface area contributed by atoms with Gasteiger partial charge in [0.1, 0.15) is 0 Å². The Morgan fingerprint density at radius 1 is 1.31 bits per heavy atom. The number of rotatable bonds is 9. The van der Waals surface area contributed by atoms with E-state index in [2.05, 4.69) is 10.6 Å². The summed E-state index contributed by atoms with van der Waals surface area (Å²) in [5, 5.41) is 5.81. The van der Waals surface area contributed by atoms with Gasteiger partial charge < -0.3 is 15.4 Å². The van der Waals surface area contributed by atoms with Crippen LogP contribution in [0, 0.1) is 5.41 Å². The molecule has 0 saturated carbocycles. The number of hydrogen-bond donors (Lipinski definition) is 2. The van der Waals surface area contributed by atoms with Gasteiger partial charge in [-0.2, -0.15) is 0 Å². The van der Waals surface area contributed by atoms with Crippen LogP contribution in [0.2, 0.25) is 0 Å². The Morgan fingerprint density at radius 2 is 2.00 bits per heavy atom. The number of allylic oxidation sites excluding steroid dienone is 1. The molecule has 0 saturated heterocycles. The van der Waals surface area contributed by atoms with E-state index in [9.17, 15) is 14.4 Å². The number of alkyl halides is 1. The molecule has 1 atom stereocenters. The Kier molecular flexibility index (Phi) is 8.73. The molecule has 2 rings (SSSR count). The SMILES string of the molecule is CCCCN1C(=O)NC(c2cccc(NC(=O)C(C)(C)CCl)c2)C(C(=O)OC(C)C)=C1C. The molecule has 8 heteroatoms. The molecule has 2 N–H and O–H groups in total. The van der Waals surface area contributed by atoms with Gasteiger partial charge in [-0.25, -0.2) is 9.59 Å². The number of carbonyl (C=O) groups excluding carboxylic acids is 3. The molecule has 1 aromatic carbocycles. The number of benzene rings is 1. The van der Waals surface area contributed by atoms with Crippen LogP contribution in [-0.2, 0) is 14.3 Å². The molecule has 1 aromatic rings. The van der Waals surface area contributed by atoms with Crippen LogP contribution in [0.3, 0.4) is 0 Å². The van der Waals surface area contributed by atoms with Gasteiger partial charge in [0.05, 0.1) is 23.1 Å². The van der Waals surface area contributed by atoms with Crippen LogP contribution >= 0.6 is 11.6 Å². The Bertz CT molecular complexity index is 895. The molecule has 32 heavy (non-hydrogen) atoms. The summed E-state index contributed by atoms with van der Waals surface area (Å²) in [6, 6.07) is 6.14. The average Bonchev–Trinajstić information content (AvgIpc) is 2.72. The second kappa shape index (κ2) is 10.9. The highest BCUT2D eigenvalue weighted by atomic mass is 35.5. The van der Waals surface area contributed by atoms with Crippen molar-refractivity contribution in [2.75, 3.05) is 17.7 Å². The third kappa shape index (κ3) is 6.03. The van der Waals surface area contributed by atoms with Crippen LogP contribution in [0.15, 0.2) is 35.5 Å². The maximum atomic E-state index is 13.0. The molecule has 7 nitrogen and oxygen atoms in total. The fourth-order valence-electron chi connectivity index (χ4n) is 3.32. The number of nitrogens with zero attached hydrogens (tertiary/aromatic N) is 1. The van der Waals surface area contributed by atoms with Crippen LogP contribution in [0.25, 0.3) is 0 Å². The monoisotopic (exact) mass is 463 g/mol. The van der Waals surface area contributed by atoms with Gasteiger partial charge in [0.15, 0.2) is 0 Å². The second-order valence-corrected chi connectivity index (χ2v) is 9.21. The first-order chi connectivity index (χ1) is 15.0. The first-order valence-electron chi connectivity index (χ1n) is 11.0. The molecule has 1 aliphatic heterocycles. The maximum Gasteiger partial charge on any atom is 0.338 e. The van der Waals surface area contributed by atoms with Crippen molar-refractivity contribution < 1.29 is 19.1 Å². The number of unbranched alkanes of at least 4 members (excludes halogenated alkanes) is 1. The van der Waals surface area contributed by atoms with Crippen molar-refractivity contribution in [3.05, 3.63) is 41.1 Å². The first kappa shape index (κ1) is 25.7. The Labute approximate surface area is 195 Å². The van der Waals surface area contributed by atoms with Gasteiger partial charge >= 0.3 is 12.0 Å². The minimum atomic E-state index is -0.737. The van der Waals surface area contributed by atoms with E-state index in [1.165, 1.54) is 0 Å². The van der Waals surface area contributed by atoms with Gasteiger partial charge in [0, 0.05) is 23.8 Å². The molecule has 0 spiro atoms. The molecule has 0 bridgehead atoms. The standard InChI is InChI=1S/C24H34ClN3O4/c1-7-8-12-28-16(4)19(21(29)32-15(2)3)20(27-23(28)31)17-10-9-11-18(13-17)26-22(30)24(5,6)14-25/h9-11,13,15,20H,7-8,12,14H2,1-6H3,(H,26,30)(H,27,31). The molecular formula is C24H34ClN3O4. The van der Waals surface area contributed by atoms with Gasteiger partial charge in [-0.05, 0) is 58.7 Å². The summed E-state index contributed by atoms with van der Waals surface area (Å²) < 4.78 is 5.49. The van der Waals surface area contributed by atoms with Crippen molar-refractivity contribution in [2.24, 2.45) is 5.41 Å². The summed E-state index contributed by atoms with van der Waals surface area (Å²) in [6.45, 7) is 11.4. The number of halogens is 1. The molecular weight excluding hydrogens is 430 g/mol. The predicted molar refractivity (Wildman–Crippen MR) is 126 cm³/mol. The lowest BCUT2D eigenvalue weighted by Gasteiger charge is -2.35. The average molecular weight is 464 g/mol. The number of amides is 3. The van der Waals surface area contributed by atoms with E-state index < -0.39 is 17.4 Å². The third-order valence-electron chi connectivity index (χ3n) is 5.32. The Balaban J connectivity index is 2.45. The quantitative estimate of drug-likeness (QED) is 0.399. The summed E-state index contributed by atoms with van der Waals surface area (Å²) in [6.07, 6.45) is 1.44. The fraction of sp³-hybridized carbons (Fsp3) is 0.542. The number of urea groups is 1. The number of esters is 1. The zero-order valence-corrected chi connectivity index (χ0v) is 20.5. The normalized spacial score (nSPS) is 16.8. The number of hydrogen-bond acceptors (Lipinski definition) is 4. The Morgan fingerprint density at radius 3 is 2.59 bits per heavy atom. The highest BCUT2D eigenvalue weighted by Crippen LogP contribution is 2.33. The zero-order chi connectivity index (χ0) is 24.1. The highest BCUT2D eigenvalue weighted by molar-refractivity contribution is 6.20. The van der Waals surface area contributed by atoms with Crippen LogP contribution in [-0.4, -0.2) is 41.3 Å². The molecule has 0 aromatic heterocycles. The number of nitrogens with one attached hydrogen (secondary N) is 2. The summed E-state index contributed by atoms with van der Waals surface area (Å²) >= 11 is 5.91.